The molecule has 7 nitrogen and oxygen atoms in total. The Balaban J connectivity index is 2.24. The van der Waals surface area contributed by atoms with Gasteiger partial charge in [0.25, 0.3) is 5.91 Å². The third kappa shape index (κ3) is 2.67. The SMILES string of the molecule is COc1ccc([C@]2(C)NC(=O)N(CCC(N)=O)C2=O)cc1. The van der Waals surface area contributed by atoms with Gasteiger partial charge < -0.3 is 15.8 Å². The largest absolute Gasteiger partial charge is 0.497 e. The molecule has 4 amide bonds. The zero-order valence-electron chi connectivity index (χ0n) is 11.9. The van der Waals surface area contributed by atoms with E-state index in [4.69, 9.17) is 10.5 Å². The number of nitrogens with zero attached hydrogens (tertiary/aromatic N) is 1. The van der Waals surface area contributed by atoms with Crippen molar-refractivity contribution in [3.05, 3.63) is 29.8 Å². The van der Waals surface area contributed by atoms with Crippen LogP contribution in [0.3, 0.4) is 0 Å². The average molecular weight is 291 g/mol. The molecule has 0 spiro atoms. The van der Waals surface area contributed by atoms with Crippen LogP contribution in [-0.4, -0.2) is 36.4 Å². The third-order valence-electron chi connectivity index (χ3n) is 3.52. The number of hydrogen-bond donors (Lipinski definition) is 2. The summed E-state index contributed by atoms with van der Waals surface area (Å²) in [6.45, 7) is 1.60. The minimum atomic E-state index is -1.15. The van der Waals surface area contributed by atoms with Crippen molar-refractivity contribution in [1.29, 1.82) is 0 Å². The molecule has 1 fully saturated rings. The summed E-state index contributed by atoms with van der Waals surface area (Å²) in [6, 6.07) is 6.33. The highest BCUT2D eigenvalue weighted by atomic mass is 16.5. The Kier molecular flexibility index (Phi) is 3.84. The number of amides is 4. The Labute approximate surface area is 122 Å². The maximum absolute atomic E-state index is 12.5. The molecule has 2 rings (SSSR count). The highest BCUT2D eigenvalue weighted by molar-refractivity contribution is 6.07. The molecule has 1 aromatic carbocycles. The van der Waals surface area contributed by atoms with Crippen LogP contribution in [0.15, 0.2) is 24.3 Å². The number of benzene rings is 1. The number of imide groups is 1. The van der Waals surface area contributed by atoms with Crippen LogP contribution in [0.2, 0.25) is 0 Å². The number of nitrogens with one attached hydrogen (secondary N) is 1. The molecule has 3 N–H and O–H groups in total. The van der Waals surface area contributed by atoms with Crippen LogP contribution in [0.25, 0.3) is 0 Å². The Morgan fingerprint density at radius 3 is 2.48 bits per heavy atom. The van der Waals surface area contributed by atoms with Crippen molar-refractivity contribution in [2.24, 2.45) is 5.73 Å². The summed E-state index contributed by atoms with van der Waals surface area (Å²) in [4.78, 5) is 36.2. The highest BCUT2D eigenvalue weighted by Crippen LogP contribution is 2.29. The molecule has 1 aromatic rings. The van der Waals surface area contributed by atoms with Gasteiger partial charge >= 0.3 is 6.03 Å². The number of hydrogen-bond acceptors (Lipinski definition) is 4. The molecule has 1 saturated heterocycles. The van der Waals surface area contributed by atoms with Crippen molar-refractivity contribution in [2.45, 2.75) is 18.9 Å². The molecule has 0 saturated carbocycles. The Morgan fingerprint density at radius 2 is 1.95 bits per heavy atom. The number of carbonyl (C=O) groups is 3. The summed E-state index contributed by atoms with van der Waals surface area (Å²) < 4.78 is 5.06. The van der Waals surface area contributed by atoms with Gasteiger partial charge in [0.2, 0.25) is 5.91 Å². The lowest BCUT2D eigenvalue weighted by Gasteiger charge is -2.22. The summed E-state index contributed by atoms with van der Waals surface area (Å²) in [5.74, 6) is -0.308. The summed E-state index contributed by atoms with van der Waals surface area (Å²) >= 11 is 0. The first-order valence-corrected chi connectivity index (χ1v) is 6.45. The van der Waals surface area contributed by atoms with Gasteiger partial charge in [-0.25, -0.2) is 4.79 Å². The second-order valence-electron chi connectivity index (χ2n) is 4.96. The van der Waals surface area contributed by atoms with Crippen molar-refractivity contribution >= 4 is 17.8 Å². The predicted molar refractivity (Wildman–Crippen MR) is 74.4 cm³/mol. The van der Waals surface area contributed by atoms with E-state index < -0.39 is 23.4 Å². The van der Waals surface area contributed by atoms with Gasteiger partial charge in [0.05, 0.1) is 7.11 Å². The van der Waals surface area contributed by atoms with Gasteiger partial charge in [0, 0.05) is 13.0 Å². The van der Waals surface area contributed by atoms with Crippen LogP contribution in [-0.2, 0) is 15.1 Å². The maximum atomic E-state index is 12.5. The Morgan fingerprint density at radius 1 is 1.33 bits per heavy atom. The number of primary amides is 1. The number of urea groups is 1. The van der Waals surface area contributed by atoms with E-state index in [0.29, 0.717) is 11.3 Å². The molecule has 1 atom stereocenters. The second-order valence-corrected chi connectivity index (χ2v) is 4.96. The van der Waals surface area contributed by atoms with Crippen LogP contribution in [0, 0.1) is 0 Å². The summed E-state index contributed by atoms with van der Waals surface area (Å²) in [5.41, 5.74) is 4.54. The molecule has 112 valence electrons. The zero-order chi connectivity index (χ0) is 15.6. The Hall–Kier alpha value is -2.57. The first-order chi connectivity index (χ1) is 9.88. The van der Waals surface area contributed by atoms with E-state index in [1.165, 1.54) is 0 Å². The van der Waals surface area contributed by atoms with Crippen LogP contribution < -0.4 is 15.8 Å². The summed E-state index contributed by atoms with van der Waals surface area (Å²) in [7, 11) is 1.55. The van der Waals surface area contributed by atoms with Crippen molar-refractivity contribution < 1.29 is 19.1 Å². The Bertz CT molecular complexity index is 584. The molecule has 0 unspecified atom stereocenters. The fraction of sp³-hybridized carbons (Fsp3) is 0.357. The number of ether oxygens (including phenoxy) is 1. The first kappa shape index (κ1) is 14.8. The van der Waals surface area contributed by atoms with Gasteiger partial charge in [-0.3, -0.25) is 14.5 Å². The van der Waals surface area contributed by atoms with E-state index in [9.17, 15) is 14.4 Å². The molecule has 0 aromatic heterocycles. The lowest BCUT2D eigenvalue weighted by Crippen LogP contribution is -2.41. The molecule has 0 bridgehead atoms. The average Bonchev–Trinajstić information content (AvgIpc) is 2.68. The standard InChI is InChI=1S/C14H17N3O4/c1-14(9-3-5-10(21-2)6-4-9)12(19)17(13(20)16-14)8-7-11(15)18/h3-6H,7-8H2,1-2H3,(H2,15,18)(H,16,20)/t14-/m0/s1. The fourth-order valence-electron chi connectivity index (χ4n) is 2.24. The van der Waals surface area contributed by atoms with Crippen LogP contribution in [0.5, 0.6) is 5.75 Å². The van der Waals surface area contributed by atoms with E-state index in [0.717, 1.165) is 4.90 Å². The van der Waals surface area contributed by atoms with Crippen molar-refractivity contribution in [3.63, 3.8) is 0 Å². The molecule has 1 heterocycles. The van der Waals surface area contributed by atoms with Gasteiger partial charge in [-0.05, 0) is 24.6 Å². The highest BCUT2D eigenvalue weighted by Gasteiger charge is 2.48. The normalized spacial score (nSPS) is 21.3. The molecule has 0 radical (unpaired) electrons. The monoisotopic (exact) mass is 291 g/mol. The molecular formula is C14H17N3O4. The smallest absolute Gasteiger partial charge is 0.325 e. The van der Waals surface area contributed by atoms with Gasteiger partial charge in [-0.2, -0.15) is 0 Å². The first-order valence-electron chi connectivity index (χ1n) is 6.45. The van der Waals surface area contributed by atoms with Crippen LogP contribution in [0.4, 0.5) is 4.79 Å². The summed E-state index contributed by atoms with van der Waals surface area (Å²) in [5, 5.41) is 2.65. The van der Waals surface area contributed by atoms with Gasteiger partial charge in [0.15, 0.2) is 0 Å². The lowest BCUT2D eigenvalue weighted by molar-refractivity contribution is -0.131. The summed E-state index contributed by atoms with van der Waals surface area (Å²) in [6.07, 6.45) is -0.0577. The molecule has 7 heteroatoms. The van der Waals surface area contributed by atoms with Gasteiger partial charge in [-0.15, -0.1) is 0 Å². The predicted octanol–water partition coefficient (Wildman–Crippen LogP) is 0.338. The second kappa shape index (κ2) is 5.43. The van der Waals surface area contributed by atoms with Gasteiger partial charge in [0.1, 0.15) is 11.3 Å². The van der Waals surface area contributed by atoms with Crippen molar-refractivity contribution in [3.8, 4) is 5.75 Å². The molecule has 21 heavy (non-hydrogen) atoms. The molecule has 0 aliphatic carbocycles. The minimum Gasteiger partial charge on any atom is -0.497 e. The molecule has 1 aliphatic heterocycles. The van der Waals surface area contributed by atoms with E-state index in [1.807, 2.05) is 0 Å². The van der Waals surface area contributed by atoms with E-state index in [1.54, 1.807) is 38.3 Å². The minimum absolute atomic E-state index is 0.0221. The van der Waals surface area contributed by atoms with E-state index in [-0.39, 0.29) is 13.0 Å². The van der Waals surface area contributed by atoms with Gasteiger partial charge in [-0.1, -0.05) is 12.1 Å². The topological polar surface area (TPSA) is 102 Å². The van der Waals surface area contributed by atoms with Crippen molar-refractivity contribution in [2.75, 3.05) is 13.7 Å². The van der Waals surface area contributed by atoms with Crippen LogP contribution >= 0.6 is 0 Å². The quantitative estimate of drug-likeness (QED) is 0.763. The lowest BCUT2D eigenvalue weighted by atomic mass is 9.92. The number of methoxy groups -OCH3 is 1. The van der Waals surface area contributed by atoms with E-state index >= 15 is 0 Å². The van der Waals surface area contributed by atoms with E-state index in [2.05, 4.69) is 5.32 Å². The molecule has 1 aliphatic rings. The van der Waals surface area contributed by atoms with Crippen molar-refractivity contribution in [1.82, 2.24) is 10.2 Å². The molecular weight excluding hydrogens is 274 g/mol. The number of carbonyl (C=O) groups excluding carboxylic acids is 3. The number of rotatable bonds is 5. The third-order valence-corrected chi connectivity index (χ3v) is 3.52. The maximum Gasteiger partial charge on any atom is 0.325 e. The number of nitrogens with two attached hydrogens (primary N) is 1. The zero-order valence-corrected chi connectivity index (χ0v) is 11.9. The van der Waals surface area contributed by atoms with Crippen LogP contribution in [0.1, 0.15) is 18.9 Å². The fourth-order valence-corrected chi connectivity index (χ4v) is 2.24.